The smallest absolute Gasteiger partial charge is 0.240 e. The van der Waals surface area contributed by atoms with Crippen LogP contribution in [0, 0.1) is 18.3 Å². The monoisotopic (exact) mass is 282 g/mol. The fourth-order valence-corrected chi connectivity index (χ4v) is 2.79. The van der Waals surface area contributed by atoms with Crippen LogP contribution in [0.4, 0.5) is 0 Å². The highest BCUT2D eigenvalue weighted by Gasteiger charge is 2.14. The average molecular weight is 282 g/mol. The molecule has 2 N–H and O–H groups in total. The van der Waals surface area contributed by atoms with Gasteiger partial charge in [0.15, 0.2) is 0 Å². The van der Waals surface area contributed by atoms with E-state index >= 15 is 0 Å². The lowest BCUT2D eigenvalue weighted by Gasteiger charge is -2.07. The van der Waals surface area contributed by atoms with Crippen molar-refractivity contribution in [3.05, 3.63) is 29.3 Å². The SMILES string of the molecule is Cc1cc(S(=O)(=O)NCCCCCO)ccc1C#N. The summed E-state index contributed by atoms with van der Waals surface area (Å²) in [5.74, 6) is 0. The number of aryl methyl sites for hydroxylation is 1. The number of nitrogens with zero attached hydrogens (tertiary/aromatic N) is 1. The molecule has 0 unspecified atom stereocenters. The molecule has 0 bridgehead atoms. The van der Waals surface area contributed by atoms with Crippen LogP contribution in [0.15, 0.2) is 23.1 Å². The molecule has 0 aliphatic heterocycles. The zero-order chi connectivity index (χ0) is 14.3. The topological polar surface area (TPSA) is 90.2 Å². The van der Waals surface area contributed by atoms with Gasteiger partial charge in [0.05, 0.1) is 16.5 Å². The largest absolute Gasteiger partial charge is 0.396 e. The molecule has 6 heteroatoms. The van der Waals surface area contributed by atoms with Crippen LogP contribution in [0.5, 0.6) is 0 Å². The molecule has 0 aliphatic rings. The summed E-state index contributed by atoms with van der Waals surface area (Å²) in [6, 6.07) is 6.44. The van der Waals surface area contributed by atoms with Crippen LogP contribution in [-0.2, 0) is 10.0 Å². The van der Waals surface area contributed by atoms with Crippen LogP contribution in [0.1, 0.15) is 30.4 Å². The molecule has 0 aliphatic carbocycles. The van der Waals surface area contributed by atoms with Crippen molar-refractivity contribution in [2.75, 3.05) is 13.2 Å². The Morgan fingerprint density at radius 3 is 2.63 bits per heavy atom. The van der Waals surface area contributed by atoms with E-state index in [2.05, 4.69) is 4.72 Å². The van der Waals surface area contributed by atoms with Gasteiger partial charge >= 0.3 is 0 Å². The van der Waals surface area contributed by atoms with Gasteiger partial charge in [0.25, 0.3) is 0 Å². The molecule has 19 heavy (non-hydrogen) atoms. The molecule has 0 aromatic heterocycles. The van der Waals surface area contributed by atoms with E-state index in [0.717, 1.165) is 6.42 Å². The van der Waals surface area contributed by atoms with Crippen molar-refractivity contribution >= 4 is 10.0 Å². The van der Waals surface area contributed by atoms with Gasteiger partial charge in [0.1, 0.15) is 0 Å². The quantitative estimate of drug-likeness (QED) is 0.738. The number of hydrogen-bond acceptors (Lipinski definition) is 4. The van der Waals surface area contributed by atoms with Gasteiger partial charge in [-0.05, 0) is 49.9 Å². The van der Waals surface area contributed by atoms with E-state index in [1.165, 1.54) is 18.2 Å². The third kappa shape index (κ3) is 4.63. The average Bonchev–Trinajstić information content (AvgIpc) is 2.38. The first-order valence-electron chi connectivity index (χ1n) is 6.12. The minimum atomic E-state index is -3.52. The van der Waals surface area contributed by atoms with Crippen LogP contribution in [0.3, 0.4) is 0 Å². The molecule has 1 aromatic carbocycles. The maximum absolute atomic E-state index is 12.0. The second-order valence-corrected chi connectivity index (χ2v) is 6.04. The van der Waals surface area contributed by atoms with E-state index in [0.29, 0.717) is 30.5 Å². The number of benzene rings is 1. The number of rotatable bonds is 7. The summed E-state index contributed by atoms with van der Waals surface area (Å²) >= 11 is 0. The van der Waals surface area contributed by atoms with Crippen molar-refractivity contribution < 1.29 is 13.5 Å². The van der Waals surface area contributed by atoms with Gasteiger partial charge in [0, 0.05) is 13.2 Å². The summed E-state index contributed by atoms with van der Waals surface area (Å²) < 4.78 is 26.5. The predicted molar refractivity (Wildman–Crippen MR) is 72.0 cm³/mol. The lowest BCUT2D eigenvalue weighted by molar-refractivity contribution is 0.283. The molecular weight excluding hydrogens is 264 g/mol. The van der Waals surface area contributed by atoms with Gasteiger partial charge in [0.2, 0.25) is 10.0 Å². The van der Waals surface area contributed by atoms with Crippen molar-refractivity contribution in [3.63, 3.8) is 0 Å². The van der Waals surface area contributed by atoms with E-state index in [1.807, 2.05) is 6.07 Å². The zero-order valence-electron chi connectivity index (χ0n) is 10.9. The van der Waals surface area contributed by atoms with Crippen molar-refractivity contribution in [2.45, 2.75) is 31.1 Å². The number of aliphatic hydroxyl groups is 1. The minimum Gasteiger partial charge on any atom is -0.396 e. The molecule has 0 saturated heterocycles. The van der Waals surface area contributed by atoms with Gasteiger partial charge in [-0.25, -0.2) is 13.1 Å². The predicted octanol–water partition coefficient (Wildman–Crippen LogP) is 1.31. The van der Waals surface area contributed by atoms with Gasteiger partial charge < -0.3 is 5.11 Å². The minimum absolute atomic E-state index is 0.127. The maximum atomic E-state index is 12.0. The number of unbranched alkanes of at least 4 members (excludes halogenated alkanes) is 2. The first-order valence-corrected chi connectivity index (χ1v) is 7.61. The van der Waals surface area contributed by atoms with Crippen molar-refractivity contribution in [2.24, 2.45) is 0 Å². The second kappa shape index (κ2) is 7.24. The number of sulfonamides is 1. The van der Waals surface area contributed by atoms with E-state index in [1.54, 1.807) is 6.92 Å². The standard InChI is InChI=1S/C13H18N2O3S/c1-11-9-13(6-5-12(11)10-14)19(17,18)15-7-3-2-4-8-16/h5-6,9,15-16H,2-4,7-8H2,1H3. The summed E-state index contributed by atoms with van der Waals surface area (Å²) in [6.45, 7) is 2.18. The normalized spacial score (nSPS) is 11.2. The fraction of sp³-hybridized carbons (Fsp3) is 0.462. The van der Waals surface area contributed by atoms with E-state index in [-0.39, 0.29) is 11.5 Å². The summed E-state index contributed by atoms with van der Waals surface area (Å²) in [5, 5.41) is 17.4. The Bertz CT molecular complexity index is 562. The summed E-state index contributed by atoms with van der Waals surface area (Å²) in [5.41, 5.74) is 1.12. The molecule has 104 valence electrons. The summed E-state index contributed by atoms with van der Waals surface area (Å²) in [6.07, 6.45) is 2.15. The van der Waals surface area contributed by atoms with Crippen molar-refractivity contribution in [1.82, 2.24) is 4.72 Å². The molecule has 1 rings (SSSR count). The van der Waals surface area contributed by atoms with Crippen LogP contribution in [0.25, 0.3) is 0 Å². The molecule has 1 aromatic rings. The molecule has 5 nitrogen and oxygen atoms in total. The van der Waals surface area contributed by atoms with Crippen LogP contribution < -0.4 is 4.72 Å². The summed E-state index contributed by atoms with van der Waals surface area (Å²) in [4.78, 5) is 0.172. The van der Waals surface area contributed by atoms with Crippen molar-refractivity contribution in [3.8, 4) is 6.07 Å². The Balaban J connectivity index is 2.68. The number of nitriles is 1. The Morgan fingerprint density at radius 1 is 1.32 bits per heavy atom. The Hall–Kier alpha value is -1.42. The van der Waals surface area contributed by atoms with Crippen LogP contribution >= 0.6 is 0 Å². The highest BCUT2D eigenvalue weighted by atomic mass is 32.2. The van der Waals surface area contributed by atoms with Crippen LogP contribution in [0.2, 0.25) is 0 Å². The Kier molecular flexibility index (Phi) is 5.96. The molecular formula is C13H18N2O3S. The van der Waals surface area contributed by atoms with Crippen LogP contribution in [-0.4, -0.2) is 26.7 Å². The van der Waals surface area contributed by atoms with Gasteiger partial charge in [-0.1, -0.05) is 0 Å². The Labute approximate surface area is 113 Å². The fourth-order valence-electron chi connectivity index (χ4n) is 1.63. The van der Waals surface area contributed by atoms with Crippen molar-refractivity contribution in [1.29, 1.82) is 5.26 Å². The molecule has 0 spiro atoms. The second-order valence-electron chi connectivity index (χ2n) is 4.27. The first kappa shape index (κ1) is 15.6. The third-order valence-electron chi connectivity index (χ3n) is 2.76. The van der Waals surface area contributed by atoms with Gasteiger partial charge in [-0.2, -0.15) is 5.26 Å². The van der Waals surface area contributed by atoms with E-state index in [4.69, 9.17) is 10.4 Å². The van der Waals surface area contributed by atoms with E-state index in [9.17, 15) is 8.42 Å². The number of nitrogens with one attached hydrogen (secondary N) is 1. The Morgan fingerprint density at radius 2 is 2.05 bits per heavy atom. The molecule has 0 atom stereocenters. The third-order valence-corrected chi connectivity index (χ3v) is 4.21. The molecule has 0 saturated carbocycles. The molecule has 0 fully saturated rings. The zero-order valence-corrected chi connectivity index (χ0v) is 11.7. The lowest BCUT2D eigenvalue weighted by Crippen LogP contribution is -2.25. The van der Waals surface area contributed by atoms with Gasteiger partial charge in [-0.15, -0.1) is 0 Å². The molecule has 0 radical (unpaired) electrons. The van der Waals surface area contributed by atoms with Gasteiger partial charge in [-0.3, -0.25) is 0 Å². The number of hydrogen-bond donors (Lipinski definition) is 2. The number of aliphatic hydroxyl groups excluding tert-OH is 1. The lowest BCUT2D eigenvalue weighted by atomic mass is 10.1. The maximum Gasteiger partial charge on any atom is 0.240 e. The van der Waals surface area contributed by atoms with E-state index < -0.39 is 10.0 Å². The summed E-state index contributed by atoms with van der Waals surface area (Å²) in [7, 11) is -3.52. The first-order chi connectivity index (χ1) is 9.01. The molecule has 0 amide bonds. The highest BCUT2D eigenvalue weighted by molar-refractivity contribution is 7.89. The highest BCUT2D eigenvalue weighted by Crippen LogP contribution is 2.14. The molecule has 0 heterocycles.